The van der Waals surface area contributed by atoms with Crippen molar-refractivity contribution in [3.63, 3.8) is 0 Å². The van der Waals surface area contributed by atoms with Crippen LogP contribution in [0, 0.1) is 5.95 Å². The standard InChI is InChI=1S/C21H15F4N5O/c1-30-18(31)20(29-19(30)26,14-7-8-16(28-11-14)21(23,24)25)13-5-2-4-12(10-13)15-6-3-9-27-17(15)22/h2-11H,1H3,(H2,26,29). The monoisotopic (exact) mass is 429 g/mol. The van der Waals surface area contributed by atoms with Crippen LogP contribution in [0.25, 0.3) is 11.1 Å². The molecular weight excluding hydrogens is 414 g/mol. The molecule has 0 radical (unpaired) electrons. The molecule has 1 amide bonds. The van der Waals surface area contributed by atoms with Gasteiger partial charge < -0.3 is 5.73 Å². The number of hydrogen-bond donors (Lipinski definition) is 1. The van der Waals surface area contributed by atoms with Crippen LogP contribution in [0.3, 0.4) is 0 Å². The Balaban J connectivity index is 1.92. The molecule has 0 saturated heterocycles. The van der Waals surface area contributed by atoms with E-state index in [0.29, 0.717) is 11.1 Å². The van der Waals surface area contributed by atoms with E-state index in [-0.39, 0.29) is 17.1 Å². The van der Waals surface area contributed by atoms with Crippen molar-refractivity contribution >= 4 is 11.9 Å². The summed E-state index contributed by atoms with van der Waals surface area (Å²) in [6.45, 7) is 0. The highest BCUT2D eigenvalue weighted by Gasteiger charge is 2.50. The number of aliphatic imine (C=N–C) groups is 1. The van der Waals surface area contributed by atoms with E-state index in [1.54, 1.807) is 24.3 Å². The van der Waals surface area contributed by atoms with Gasteiger partial charge in [0.15, 0.2) is 11.5 Å². The molecule has 1 aliphatic heterocycles. The van der Waals surface area contributed by atoms with Gasteiger partial charge in [-0.3, -0.25) is 14.7 Å². The van der Waals surface area contributed by atoms with Crippen molar-refractivity contribution in [3.8, 4) is 11.1 Å². The second-order valence-corrected chi connectivity index (χ2v) is 6.90. The molecule has 2 N–H and O–H groups in total. The lowest BCUT2D eigenvalue weighted by Crippen LogP contribution is -2.41. The number of carbonyl (C=O) groups is 1. The zero-order chi connectivity index (χ0) is 22.4. The molecule has 0 spiro atoms. The van der Waals surface area contributed by atoms with E-state index >= 15 is 0 Å². The van der Waals surface area contributed by atoms with Crippen LogP contribution < -0.4 is 5.73 Å². The molecule has 1 unspecified atom stereocenters. The van der Waals surface area contributed by atoms with Gasteiger partial charge >= 0.3 is 6.18 Å². The van der Waals surface area contributed by atoms with Crippen molar-refractivity contribution < 1.29 is 22.4 Å². The average molecular weight is 429 g/mol. The van der Waals surface area contributed by atoms with Crippen molar-refractivity contribution in [3.05, 3.63) is 83.7 Å². The smallest absolute Gasteiger partial charge is 0.369 e. The molecule has 1 atom stereocenters. The van der Waals surface area contributed by atoms with Crippen LogP contribution in [0.5, 0.6) is 0 Å². The Bertz CT molecular complexity index is 1190. The first-order chi connectivity index (χ1) is 14.6. The third kappa shape index (κ3) is 3.29. The zero-order valence-electron chi connectivity index (χ0n) is 16.1. The maximum atomic E-state index is 14.2. The minimum atomic E-state index is -4.64. The topological polar surface area (TPSA) is 84.5 Å². The van der Waals surface area contributed by atoms with Crippen LogP contribution in [0.2, 0.25) is 0 Å². The molecule has 1 aromatic carbocycles. The fourth-order valence-electron chi connectivity index (χ4n) is 3.47. The van der Waals surface area contributed by atoms with Gasteiger partial charge in [-0.25, -0.2) is 9.98 Å². The maximum Gasteiger partial charge on any atom is 0.433 e. The molecule has 0 bridgehead atoms. The van der Waals surface area contributed by atoms with E-state index in [0.717, 1.165) is 23.2 Å². The number of carbonyl (C=O) groups excluding carboxylic acids is 1. The molecule has 4 rings (SSSR count). The summed E-state index contributed by atoms with van der Waals surface area (Å²) >= 11 is 0. The predicted molar refractivity (Wildman–Crippen MR) is 104 cm³/mol. The minimum absolute atomic E-state index is 0.0987. The SMILES string of the molecule is CN1C(=O)C(c2ccc(C(F)(F)F)nc2)(c2cccc(-c3cccnc3F)c2)N=C1N. The van der Waals surface area contributed by atoms with E-state index in [2.05, 4.69) is 15.0 Å². The number of rotatable bonds is 3. The molecule has 0 fully saturated rings. The van der Waals surface area contributed by atoms with Gasteiger partial charge in [0, 0.05) is 30.6 Å². The molecule has 2 aromatic heterocycles. The summed E-state index contributed by atoms with van der Waals surface area (Å²) in [5.41, 5.74) is 4.02. The van der Waals surface area contributed by atoms with Crippen molar-refractivity contribution in [1.82, 2.24) is 14.9 Å². The summed E-state index contributed by atoms with van der Waals surface area (Å²) < 4.78 is 53.1. The maximum absolute atomic E-state index is 14.2. The molecule has 10 heteroatoms. The number of nitrogens with two attached hydrogens (primary N) is 1. The van der Waals surface area contributed by atoms with Gasteiger partial charge in [0.25, 0.3) is 5.91 Å². The van der Waals surface area contributed by atoms with Crippen LogP contribution in [0.1, 0.15) is 16.8 Å². The molecular formula is C21H15F4N5O. The van der Waals surface area contributed by atoms with E-state index in [1.165, 1.54) is 25.4 Å². The molecule has 0 aliphatic carbocycles. The predicted octanol–water partition coefficient (Wildman–Crippen LogP) is 3.33. The fraction of sp³-hybridized carbons (Fsp3) is 0.143. The first-order valence-electron chi connectivity index (χ1n) is 9.03. The van der Waals surface area contributed by atoms with E-state index in [4.69, 9.17) is 5.73 Å². The summed E-state index contributed by atoms with van der Waals surface area (Å²) in [5, 5.41) is 0. The Morgan fingerprint density at radius 3 is 2.39 bits per heavy atom. The van der Waals surface area contributed by atoms with E-state index in [1.807, 2.05) is 0 Å². The summed E-state index contributed by atoms with van der Waals surface area (Å²) in [5.74, 6) is -1.39. The highest BCUT2D eigenvalue weighted by Crippen LogP contribution is 2.41. The number of hydrogen-bond acceptors (Lipinski definition) is 5. The number of halogens is 4. The Morgan fingerprint density at radius 1 is 1.03 bits per heavy atom. The Hall–Kier alpha value is -3.82. The molecule has 3 aromatic rings. The molecule has 158 valence electrons. The average Bonchev–Trinajstić information content (AvgIpc) is 2.98. The normalized spacial score (nSPS) is 18.9. The number of alkyl halides is 3. The van der Waals surface area contributed by atoms with Crippen LogP contribution in [0.4, 0.5) is 17.6 Å². The summed E-state index contributed by atoms with van der Waals surface area (Å²) in [4.78, 5) is 25.7. The number of likely N-dealkylation sites (N-methyl/N-ethyl adjacent to an activating group) is 1. The van der Waals surface area contributed by atoms with Gasteiger partial charge in [-0.2, -0.15) is 17.6 Å². The first-order valence-corrected chi connectivity index (χ1v) is 9.03. The van der Waals surface area contributed by atoms with Gasteiger partial charge in [-0.1, -0.05) is 24.3 Å². The van der Waals surface area contributed by atoms with Crippen molar-refractivity contribution in [2.45, 2.75) is 11.7 Å². The number of guanidine groups is 1. The number of aromatic nitrogens is 2. The van der Waals surface area contributed by atoms with Crippen molar-refractivity contribution in [2.24, 2.45) is 10.7 Å². The number of nitrogens with zero attached hydrogens (tertiary/aromatic N) is 4. The molecule has 1 aliphatic rings. The highest BCUT2D eigenvalue weighted by molar-refractivity contribution is 6.09. The van der Waals surface area contributed by atoms with Gasteiger partial charge in [0.2, 0.25) is 5.95 Å². The van der Waals surface area contributed by atoms with Crippen LogP contribution in [0.15, 0.2) is 65.9 Å². The Labute approximate surface area is 174 Å². The highest BCUT2D eigenvalue weighted by atomic mass is 19.4. The lowest BCUT2D eigenvalue weighted by atomic mass is 9.82. The second-order valence-electron chi connectivity index (χ2n) is 6.90. The number of benzene rings is 1. The van der Waals surface area contributed by atoms with E-state index < -0.39 is 29.3 Å². The third-order valence-corrected chi connectivity index (χ3v) is 5.06. The van der Waals surface area contributed by atoms with Crippen LogP contribution in [-0.4, -0.2) is 33.8 Å². The van der Waals surface area contributed by atoms with Gasteiger partial charge in [0.1, 0.15) is 5.69 Å². The lowest BCUT2D eigenvalue weighted by Gasteiger charge is -2.26. The van der Waals surface area contributed by atoms with Crippen molar-refractivity contribution in [2.75, 3.05) is 7.05 Å². The number of amides is 1. The van der Waals surface area contributed by atoms with E-state index in [9.17, 15) is 22.4 Å². The van der Waals surface area contributed by atoms with Crippen LogP contribution >= 0.6 is 0 Å². The van der Waals surface area contributed by atoms with Crippen molar-refractivity contribution in [1.29, 1.82) is 0 Å². The second kappa shape index (κ2) is 7.15. The number of pyridine rings is 2. The van der Waals surface area contributed by atoms with Gasteiger partial charge in [-0.15, -0.1) is 0 Å². The molecule has 0 saturated carbocycles. The molecule has 6 nitrogen and oxygen atoms in total. The van der Waals surface area contributed by atoms with Crippen LogP contribution in [-0.2, 0) is 16.5 Å². The van der Waals surface area contributed by atoms with Gasteiger partial charge in [-0.05, 0) is 35.4 Å². The fourth-order valence-corrected chi connectivity index (χ4v) is 3.47. The van der Waals surface area contributed by atoms with Gasteiger partial charge in [0.05, 0.1) is 0 Å². The minimum Gasteiger partial charge on any atom is -0.369 e. The summed E-state index contributed by atoms with van der Waals surface area (Å²) in [7, 11) is 1.41. The Morgan fingerprint density at radius 2 is 1.81 bits per heavy atom. The molecule has 3 heterocycles. The largest absolute Gasteiger partial charge is 0.433 e. The molecule has 31 heavy (non-hydrogen) atoms. The first kappa shape index (κ1) is 20.5. The zero-order valence-corrected chi connectivity index (χ0v) is 16.1. The lowest BCUT2D eigenvalue weighted by molar-refractivity contribution is -0.141. The Kier molecular flexibility index (Phi) is 4.72. The summed E-state index contributed by atoms with van der Waals surface area (Å²) in [6, 6.07) is 11.3. The summed E-state index contributed by atoms with van der Waals surface area (Å²) in [6.07, 6.45) is -2.38. The third-order valence-electron chi connectivity index (χ3n) is 5.06. The quantitative estimate of drug-likeness (QED) is 0.511.